The predicted molar refractivity (Wildman–Crippen MR) is 77.1 cm³/mol. The fourth-order valence-electron chi connectivity index (χ4n) is 2.28. The molecule has 2 N–H and O–H groups in total. The van der Waals surface area contributed by atoms with Crippen molar-refractivity contribution in [2.24, 2.45) is 0 Å². The number of thiophene rings is 1. The molecule has 0 unspecified atom stereocenters. The SMILES string of the molecule is COc1csc(C(=O)N2CCc3ccc(N)cc32)c1. The average molecular weight is 274 g/mol. The molecule has 19 heavy (non-hydrogen) atoms. The molecule has 3 rings (SSSR count). The van der Waals surface area contributed by atoms with Crippen molar-refractivity contribution in [1.82, 2.24) is 0 Å². The normalized spacial score (nSPS) is 13.4. The van der Waals surface area contributed by atoms with Crippen LogP contribution in [0.15, 0.2) is 29.6 Å². The molecule has 1 aromatic heterocycles. The summed E-state index contributed by atoms with van der Waals surface area (Å²) in [6.07, 6.45) is 0.879. The summed E-state index contributed by atoms with van der Waals surface area (Å²) in [5.41, 5.74) is 8.59. The lowest BCUT2D eigenvalue weighted by Gasteiger charge is -2.16. The zero-order chi connectivity index (χ0) is 13.4. The lowest BCUT2D eigenvalue weighted by atomic mass is 10.1. The number of nitrogens with two attached hydrogens (primary N) is 1. The number of amides is 1. The number of anilines is 2. The van der Waals surface area contributed by atoms with Gasteiger partial charge in [-0.25, -0.2) is 0 Å². The summed E-state index contributed by atoms with van der Waals surface area (Å²) in [4.78, 5) is 15.0. The molecular formula is C14H14N2O2S. The van der Waals surface area contributed by atoms with Gasteiger partial charge >= 0.3 is 0 Å². The van der Waals surface area contributed by atoms with Crippen molar-refractivity contribution in [3.63, 3.8) is 0 Å². The summed E-state index contributed by atoms with van der Waals surface area (Å²) in [6, 6.07) is 7.51. The second-order valence-electron chi connectivity index (χ2n) is 4.45. The van der Waals surface area contributed by atoms with Gasteiger partial charge in [-0.1, -0.05) is 6.07 Å². The monoisotopic (exact) mass is 274 g/mol. The van der Waals surface area contributed by atoms with Gasteiger partial charge in [0.25, 0.3) is 5.91 Å². The summed E-state index contributed by atoms with van der Waals surface area (Å²) >= 11 is 1.40. The van der Waals surface area contributed by atoms with Crippen molar-refractivity contribution in [3.05, 3.63) is 40.1 Å². The van der Waals surface area contributed by atoms with Crippen molar-refractivity contribution >= 4 is 28.6 Å². The average Bonchev–Trinajstić information content (AvgIpc) is 3.04. The van der Waals surface area contributed by atoms with Gasteiger partial charge in [-0.15, -0.1) is 11.3 Å². The van der Waals surface area contributed by atoms with E-state index in [9.17, 15) is 4.79 Å². The van der Waals surface area contributed by atoms with Crippen molar-refractivity contribution in [2.45, 2.75) is 6.42 Å². The third-order valence-corrected chi connectivity index (χ3v) is 4.17. The molecule has 1 aliphatic heterocycles. The Morgan fingerprint density at radius 2 is 2.26 bits per heavy atom. The van der Waals surface area contributed by atoms with Crippen LogP contribution < -0.4 is 15.4 Å². The van der Waals surface area contributed by atoms with E-state index in [2.05, 4.69) is 0 Å². The molecule has 1 amide bonds. The molecule has 0 fully saturated rings. The topological polar surface area (TPSA) is 55.6 Å². The molecule has 5 heteroatoms. The molecule has 4 nitrogen and oxygen atoms in total. The van der Waals surface area contributed by atoms with Gasteiger partial charge in [-0.2, -0.15) is 0 Å². The van der Waals surface area contributed by atoms with E-state index < -0.39 is 0 Å². The maximum atomic E-state index is 12.5. The van der Waals surface area contributed by atoms with E-state index >= 15 is 0 Å². The van der Waals surface area contributed by atoms with Crippen LogP contribution in [-0.4, -0.2) is 19.6 Å². The molecule has 0 saturated carbocycles. The number of hydrogen-bond donors (Lipinski definition) is 1. The lowest BCUT2D eigenvalue weighted by molar-refractivity contribution is 0.0993. The van der Waals surface area contributed by atoms with Crippen molar-refractivity contribution in [1.29, 1.82) is 0 Å². The van der Waals surface area contributed by atoms with Gasteiger partial charge in [-0.3, -0.25) is 4.79 Å². The minimum atomic E-state index is 0.0117. The number of nitrogens with zero attached hydrogens (tertiary/aromatic N) is 1. The first-order chi connectivity index (χ1) is 9.19. The Hall–Kier alpha value is -2.01. The molecule has 0 spiro atoms. The predicted octanol–water partition coefficient (Wildman–Crippen LogP) is 2.54. The van der Waals surface area contributed by atoms with Gasteiger partial charge in [0.2, 0.25) is 0 Å². The van der Waals surface area contributed by atoms with E-state index in [1.54, 1.807) is 18.1 Å². The van der Waals surface area contributed by atoms with Crippen molar-refractivity contribution in [2.75, 3.05) is 24.3 Å². The summed E-state index contributed by atoms with van der Waals surface area (Å²) in [7, 11) is 1.60. The maximum absolute atomic E-state index is 12.5. The zero-order valence-corrected chi connectivity index (χ0v) is 11.4. The van der Waals surface area contributed by atoms with Crippen LogP contribution in [0.3, 0.4) is 0 Å². The Morgan fingerprint density at radius 3 is 3.00 bits per heavy atom. The first kappa shape index (κ1) is 12.0. The molecule has 1 aromatic carbocycles. The van der Waals surface area contributed by atoms with Crippen LogP contribution in [0.2, 0.25) is 0 Å². The molecule has 0 bridgehead atoms. The summed E-state index contributed by atoms with van der Waals surface area (Å²) in [6.45, 7) is 0.706. The van der Waals surface area contributed by atoms with Gasteiger partial charge in [0.05, 0.1) is 12.0 Å². The number of benzene rings is 1. The quantitative estimate of drug-likeness (QED) is 0.856. The van der Waals surface area contributed by atoms with Crippen LogP contribution in [-0.2, 0) is 6.42 Å². The third-order valence-electron chi connectivity index (χ3n) is 3.27. The molecule has 0 aliphatic carbocycles. The van der Waals surface area contributed by atoms with Crippen LogP contribution in [0.1, 0.15) is 15.2 Å². The fourth-order valence-corrected chi connectivity index (χ4v) is 3.08. The number of fused-ring (bicyclic) bond motifs is 1. The maximum Gasteiger partial charge on any atom is 0.268 e. The van der Waals surface area contributed by atoms with E-state index in [0.717, 1.165) is 17.9 Å². The smallest absolute Gasteiger partial charge is 0.268 e. The first-order valence-corrected chi connectivity index (χ1v) is 6.90. The van der Waals surface area contributed by atoms with Gasteiger partial charge in [0, 0.05) is 29.4 Å². The first-order valence-electron chi connectivity index (χ1n) is 6.02. The largest absolute Gasteiger partial charge is 0.496 e. The molecule has 2 aromatic rings. The number of hydrogen-bond acceptors (Lipinski definition) is 4. The van der Waals surface area contributed by atoms with Crippen LogP contribution >= 0.6 is 11.3 Å². The molecule has 0 saturated heterocycles. The number of carbonyl (C=O) groups excluding carboxylic acids is 1. The number of methoxy groups -OCH3 is 1. The molecule has 2 heterocycles. The highest BCUT2D eigenvalue weighted by molar-refractivity contribution is 7.12. The van der Waals surface area contributed by atoms with E-state index in [1.165, 1.54) is 16.9 Å². The van der Waals surface area contributed by atoms with Crippen LogP contribution in [0.5, 0.6) is 5.75 Å². The van der Waals surface area contributed by atoms with Crippen molar-refractivity contribution in [3.8, 4) is 5.75 Å². The van der Waals surface area contributed by atoms with Crippen LogP contribution in [0, 0.1) is 0 Å². The second kappa shape index (κ2) is 4.59. The number of carbonyl (C=O) groups is 1. The Bertz CT molecular complexity index is 636. The van der Waals surface area contributed by atoms with E-state index in [0.29, 0.717) is 17.1 Å². The molecule has 0 radical (unpaired) electrons. The molecular weight excluding hydrogens is 260 g/mol. The summed E-state index contributed by atoms with van der Waals surface area (Å²) in [5, 5.41) is 1.84. The van der Waals surface area contributed by atoms with E-state index in [1.807, 2.05) is 23.6 Å². The molecule has 0 atom stereocenters. The Labute approximate surface area is 115 Å². The highest BCUT2D eigenvalue weighted by Crippen LogP contribution is 2.32. The molecule has 98 valence electrons. The Balaban J connectivity index is 1.92. The lowest BCUT2D eigenvalue weighted by Crippen LogP contribution is -2.28. The number of rotatable bonds is 2. The number of nitrogen functional groups attached to an aromatic ring is 1. The van der Waals surface area contributed by atoms with Crippen molar-refractivity contribution < 1.29 is 9.53 Å². The highest BCUT2D eigenvalue weighted by Gasteiger charge is 2.26. The van der Waals surface area contributed by atoms with Gasteiger partial charge < -0.3 is 15.4 Å². The van der Waals surface area contributed by atoms with Crippen LogP contribution in [0.25, 0.3) is 0 Å². The van der Waals surface area contributed by atoms with E-state index in [-0.39, 0.29) is 5.91 Å². The van der Waals surface area contributed by atoms with Gasteiger partial charge in [-0.05, 0) is 24.1 Å². The number of ether oxygens (including phenoxy) is 1. The summed E-state index contributed by atoms with van der Waals surface area (Å²) in [5.74, 6) is 0.734. The summed E-state index contributed by atoms with van der Waals surface area (Å²) < 4.78 is 5.12. The Morgan fingerprint density at radius 1 is 1.42 bits per heavy atom. The third kappa shape index (κ3) is 2.06. The second-order valence-corrected chi connectivity index (χ2v) is 5.36. The standard InChI is InChI=1S/C14H14N2O2S/c1-18-11-7-13(19-8-11)14(17)16-5-4-9-2-3-10(15)6-12(9)16/h2-3,6-8H,4-5,15H2,1H3. The highest BCUT2D eigenvalue weighted by atomic mass is 32.1. The van der Waals surface area contributed by atoms with Gasteiger partial charge in [0.1, 0.15) is 5.75 Å². The zero-order valence-electron chi connectivity index (χ0n) is 10.6. The minimum Gasteiger partial charge on any atom is -0.496 e. The van der Waals surface area contributed by atoms with Gasteiger partial charge in [0.15, 0.2) is 0 Å². The fraction of sp³-hybridized carbons (Fsp3) is 0.214. The van der Waals surface area contributed by atoms with Crippen LogP contribution in [0.4, 0.5) is 11.4 Å². The Kier molecular flexibility index (Phi) is 2.91. The molecule has 1 aliphatic rings. The van der Waals surface area contributed by atoms with E-state index in [4.69, 9.17) is 10.5 Å². The minimum absolute atomic E-state index is 0.0117.